The summed E-state index contributed by atoms with van der Waals surface area (Å²) in [6.45, 7) is 0.263. The van der Waals surface area contributed by atoms with Gasteiger partial charge in [-0.1, -0.05) is 6.08 Å². The Bertz CT molecular complexity index is 890. The molecular formula is C20H21N3O4. The Morgan fingerprint density at radius 2 is 2.30 bits per heavy atom. The average Bonchev–Trinajstić information content (AvgIpc) is 3.37. The van der Waals surface area contributed by atoms with Gasteiger partial charge in [-0.2, -0.15) is 0 Å². The fourth-order valence-corrected chi connectivity index (χ4v) is 2.82. The van der Waals surface area contributed by atoms with E-state index < -0.39 is 6.04 Å². The van der Waals surface area contributed by atoms with Gasteiger partial charge in [-0.15, -0.1) is 0 Å². The van der Waals surface area contributed by atoms with Crippen LogP contribution < -0.4 is 11.1 Å². The summed E-state index contributed by atoms with van der Waals surface area (Å²) in [4.78, 5) is 12.6. The molecule has 0 aromatic carbocycles. The standard InChI is InChI=1S/C20H21N3O4/c1-25-19-15(20(24)23-11-14-3-2-9-27-14)5-7-17(22)18(19)16(21)6-4-13-8-10-26-12-13/h2-6,8-10,12,17,21H,7,11,22H2,1H3,(H,23,24)/b6-4+,21-16?. The van der Waals surface area contributed by atoms with Crippen molar-refractivity contribution in [2.75, 3.05) is 7.11 Å². The SMILES string of the molecule is COC1=C(C(=N)/C=C/c2ccoc2)C(N)CC=C1C(=O)NCc1ccco1. The van der Waals surface area contributed by atoms with E-state index in [-0.39, 0.29) is 18.2 Å². The van der Waals surface area contributed by atoms with E-state index in [1.54, 1.807) is 55.2 Å². The number of amides is 1. The van der Waals surface area contributed by atoms with E-state index in [2.05, 4.69) is 5.32 Å². The van der Waals surface area contributed by atoms with Gasteiger partial charge in [-0.3, -0.25) is 4.79 Å². The minimum absolute atomic E-state index is 0.185. The van der Waals surface area contributed by atoms with Crippen LogP contribution >= 0.6 is 0 Å². The summed E-state index contributed by atoms with van der Waals surface area (Å²) in [7, 11) is 1.47. The number of furan rings is 2. The molecular weight excluding hydrogens is 346 g/mol. The summed E-state index contributed by atoms with van der Waals surface area (Å²) in [5.41, 5.74) is 8.05. The van der Waals surface area contributed by atoms with Crippen molar-refractivity contribution in [2.24, 2.45) is 5.73 Å². The number of ether oxygens (including phenoxy) is 1. The largest absolute Gasteiger partial charge is 0.495 e. The van der Waals surface area contributed by atoms with E-state index in [1.807, 2.05) is 0 Å². The summed E-state index contributed by atoms with van der Waals surface area (Å²) in [6, 6.07) is 4.89. The molecule has 1 unspecified atom stereocenters. The first-order valence-electron chi connectivity index (χ1n) is 8.44. The van der Waals surface area contributed by atoms with Crippen LogP contribution in [0.1, 0.15) is 17.7 Å². The van der Waals surface area contributed by atoms with Gasteiger partial charge < -0.3 is 30.0 Å². The van der Waals surface area contributed by atoms with E-state index in [9.17, 15) is 4.79 Å². The van der Waals surface area contributed by atoms with Gasteiger partial charge in [-0.05, 0) is 36.8 Å². The fraction of sp³-hybridized carbons (Fsp3) is 0.200. The third-order valence-electron chi connectivity index (χ3n) is 4.16. The monoisotopic (exact) mass is 367 g/mol. The lowest BCUT2D eigenvalue weighted by molar-refractivity contribution is -0.117. The first-order chi connectivity index (χ1) is 13.1. The van der Waals surface area contributed by atoms with E-state index >= 15 is 0 Å². The van der Waals surface area contributed by atoms with Crippen LogP contribution in [-0.2, 0) is 16.1 Å². The van der Waals surface area contributed by atoms with Crippen molar-refractivity contribution >= 4 is 17.7 Å². The van der Waals surface area contributed by atoms with Crippen molar-refractivity contribution in [3.8, 4) is 0 Å². The average molecular weight is 367 g/mol. The highest BCUT2D eigenvalue weighted by atomic mass is 16.5. The third-order valence-corrected chi connectivity index (χ3v) is 4.16. The number of carbonyl (C=O) groups excluding carboxylic acids is 1. The zero-order valence-electron chi connectivity index (χ0n) is 14.9. The number of allylic oxidation sites excluding steroid dienone is 1. The molecule has 0 aliphatic heterocycles. The smallest absolute Gasteiger partial charge is 0.255 e. The second kappa shape index (κ2) is 8.37. The topological polar surface area (TPSA) is 114 Å². The normalized spacial score (nSPS) is 17.1. The number of carbonyl (C=O) groups is 1. The maximum Gasteiger partial charge on any atom is 0.255 e. The molecule has 0 radical (unpaired) electrons. The van der Waals surface area contributed by atoms with Crippen LogP contribution in [0.15, 0.2) is 74.9 Å². The van der Waals surface area contributed by atoms with Crippen LogP contribution in [0.5, 0.6) is 0 Å². The summed E-state index contributed by atoms with van der Waals surface area (Å²) < 4.78 is 15.7. The molecule has 1 aliphatic carbocycles. The molecule has 3 rings (SSSR count). The van der Waals surface area contributed by atoms with Gasteiger partial charge in [0.05, 0.1) is 43.7 Å². The van der Waals surface area contributed by atoms with Crippen molar-refractivity contribution in [3.05, 3.63) is 77.4 Å². The van der Waals surface area contributed by atoms with E-state index in [1.165, 1.54) is 7.11 Å². The number of hydrogen-bond donors (Lipinski definition) is 3. The maximum atomic E-state index is 12.6. The predicted octanol–water partition coefficient (Wildman–Crippen LogP) is 2.78. The Morgan fingerprint density at radius 3 is 2.96 bits per heavy atom. The third kappa shape index (κ3) is 4.27. The molecule has 1 amide bonds. The molecule has 7 nitrogen and oxygen atoms in total. The summed E-state index contributed by atoms with van der Waals surface area (Å²) in [5.74, 6) is 0.655. The van der Waals surface area contributed by atoms with Gasteiger partial charge in [0.25, 0.3) is 5.91 Å². The van der Waals surface area contributed by atoms with Crippen molar-refractivity contribution in [2.45, 2.75) is 19.0 Å². The number of hydrogen-bond acceptors (Lipinski definition) is 6. The Hall–Kier alpha value is -3.32. The fourth-order valence-electron chi connectivity index (χ4n) is 2.82. The van der Waals surface area contributed by atoms with E-state index in [0.717, 1.165) is 5.56 Å². The molecule has 0 spiro atoms. The molecule has 1 aliphatic rings. The highest BCUT2D eigenvalue weighted by Gasteiger charge is 2.28. The zero-order valence-corrected chi connectivity index (χ0v) is 14.9. The summed E-state index contributed by atoms with van der Waals surface area (Å²) in [6.07, 6.45) is 10.2. The van der Waals surface area contributed by atoms with Gasteiger partial charge in [0.1, 0.15) is 11.5 Å². The molecule has 27 heavy (non-hydrogen) atoms. The van der Waals surface area contributed by atoms with Crippen molar-refractivity contribution < 1.29 is 18.4 Å². The van der Waals surface area contributed by atoms with E-state index in [0.29, 0.717) is 29.1 Å². The maximum absolute atomic E-state index is 12.6. The first kappa shape index (κ1) is 18.5. The second-order valence-electron chi connectivity index (χ2n) is 5.97. The molecule has 7 heteroatoms. The molecule has 1 atom stereocenters. The Kier molecular flexibility index (Phi) is 5.73. The number of nitrogens with one attached hydrogen (secondary N) is 2. The van der Waals surface area contributed by atoms with Crippen molar-refractivity contribution in [1.29, 1.82) is 5.41 Å². The lowest BCUT2D eigenvalue weighted by Gasteiger charge is -2.24. The van der Waals surface area contributed by atoms with Crippen molar-refractivity contribution in [3.63, 3.8) is 0 Å². The van der Waals surface area contributed by atoms with Gasteiger partial charge in [0.15, 0.2) is 0 Å². The highest BCUT2D eigenvalue weighted by Crippen LogP contribution is 2.27. The summed E-state index contributed by atoms with van der Waals surface area (Å²) >= 11 is 0. The Balaban J connectivity index is 1.80. The van der Waals surface area contributed by atoms with Crippen LogP contribution in [0.25, 0.3) is 6.08 Å². The van der Waals surface area contributed by atoms with Gasteiger partial charge >= 0.3 is 0 Å². The molecule has 0 bridgehead atoms. The highest BCUT2D eigenvalue weighted by molar-refractivity contribution is 6.12. The molecule has 0 saturated carbocycles. The molecule has 2 heterocycles. The lowest BCUT2D eigenvalue weighted by atomic mass is 9.89. The molecule has 4 N–H and O–H groups in total. The second-order valence-corrected chi connectivity index (χ2v) is 5.97. The van der Waals surface area contributed by atoms with Gasteiger partial charge in [0, 0.05) is 17.2 Å². The number of nitrogens with two attached hydrogens (primary N) is 1. The summed E-state index contributed by atoms with van der Waals surface area (Å²) in [5, 5.41) is 11.2. The van der Waals surface area contributed by atoms with Crippen LogP contribution in [0.3, 0.4) is 0 Å². The van der Waals surface area contributed by atoms with Crippen LogP contribution in [0, 0.1) is 5.41 Å². The molecule has 140 valence electrons. The first-order valence-corrected chi connectivity index (χ1v) is 8.44. The minimum Gasteiger partial charge on any atom is -0.495 e. The van der Waals surface area contributed by atoms with Crippen LogP contribution in [0.4, 0.5) is 0 Å². The lowest BCUT2D eigenvalue weighted by Crippen LogP contribution is -2.34. The van der Waals surface area contributed by atoms with E-state index in [4.69, 9.17) is 24.7 Å². The molecule has 2 aromatic rings. The zero-order chi connectivity index (χ0) is 19.2. The van der Waals surface area contributed by atoms with Crippen molar-refractivity contribution in [1.82, 2.24) is 5.32 Å². The van der Waals surface area contributed by atoms with Crippen LogP contribution in [0.2, 0.25) is 0 Å². The molecule has 0 fully saturated rings. The van der Waals surface area contributed by atoms with Crippen LogP contribution in [-0.4, -0.2) is 24.8 Å². The quantitative estimate of drug-likeness (QED) is 0.651. The van der Waals surface area contributed by atoms with Gasteiger partial charge in [-0.25, -0.2) is 0 Å². The molecule has 0 saturated heterocycles. The number of methoxy groups -OCH3 is 1. The molecule has 2 aromatic heterocycles. The Labute approximate surface area is 156 Å². The van der Waals surface area contributed by atoms with Gasteiger partial charge in [0.2, 0.25) is 0 Å². The minimum atomic E-state index is -0.428. The number of rotatable bonds is 7. The Morgan fingerprint density at radius 1 is 1.44 bits per heavy atom. The predicted molar refractivity (Wildman–Crippen MR) is 101 cm³/mol.